The van der Waals surface area contributed by atoms with Crippen LogP contribution in [0.15, 0.2) is 24.3 Å². The second-order valence-electron chi connectivity index (χ2n) is 4.47. The van der Waals surface area contributed by atoms with Crippen LogP contribution in [0.5, 0.6) is 0 Å². The van der Waals surface area contributed by atoms with Crippen LogP contribution in [0, 0.1) is 0 Å². The van der Waals surface area contributed by atoms with Gasteiger partial charge in [0.1, 0.15) is 5.75 Å². The third-order valence-corrected chi connectivity index (χ3v) is 3.57. The Labute approximate surface area is 110 Å². The van der Waals surface area contributed by atoms with E-state index >= 15 is 0 Å². The summed E-state index contributed by atoms with van der Waals surface area (Å²) in [4.78, 5) is 11.4. The van der Waals surface area contributed by atoms with Crippen LogP contribution in [0.1, 0.15) is 25.0 Å². The lowest BCUT2D eigenvalue weighted by Gasteiger charge is -2.08. The predicted octanol–water partition coefficient (Wildman–Crippen LogP) is 0.919. The van der Waals surface area contributed by atoms with Crippen LogP contribution in [0.4, 0.5) is 0 Å². The van der Waals surface area contributed by atoms with Crippen LogP contribution in [0.3, 0.4) is 0 Å². The molecular formula is C13H20N2O2S. The molecule has 0 aromatic heterocycles. The summed E-state index contributed by atoms with van der Waals surface area (Å²) in [6.07, 6.45) is 0. The van der Waals surface area contributed by atoms with Crippen LogP contribution in [0.2, 0.25) is 0 Å². The number of hydrogen-bond acceptors (Lipinski definition) is 3. The highest BCUT2D eigenvalue weighted by Gasteiger charge is 2.09. The molecule has 1 atom stereocenters. The van der Waals surface area contributed by atoms with E-state index in [0.29, 0.717) is 12.3 Å². The number of amides is 1. The molecular weight excluding hydrogens is 248 g/mol. The van der Waals surface area contributed by atoms with Crippen molar-refractivity contribution < 1.29 is 9.00 Å². The molecule has 1 amide bonds. The minimum atomic E-state index is -1.17. The molecule has 0 heterocycles. The first-order valence-electron chi connectivity index (χ1n) is 5.93. The van der Waals surface area contributed by atoms with E-state index in [0.717, 1.165) is 11.1 Å². The number of carbonyl (C=O) groups excluding carboxylic acids is 1. The van der Waals surface area contributed by atoms with Crippen LogP contribution in [-0.4, -0.2) is 21.9 Å². The molecule has 1 unspecified atom stereocenters. The lowest BCUT2D eigenvalue weighted by molar-refractivity contribution is -0.119. The number of benzene rings is 1. The summed E-state index contributed by atoms with van der Waals surface area (Å²) >= 11 is 0. The Morgan fingerprint density at radius 1 is 1.28 bits per heavy atom. The number of carbonyl (C=O) groups is 1. The Bertz CT molecular complexity index is 416. The highest BCUT2D eigenvalue weighted by Crippen LogP contribution is 2.06. The molecule has 1 aromatic rings. The molecule has 0 aliphatic heterocycles. The number of nitrogens with one attached hydrogen (secondary N) is 1. The zero-order chi connectivity index (χ0) is 13.5. The van der Waals surface area contributed by atoms with Crippen molar-refractivity contribution in [2.24, 2.45) is 5.73 Å². The van der Waals surface area contributed by atoms with Gasteiger partial charge in [0.2, 0.25) is 5.91 Å². The quantitative estimate of drug-likeness (QED) is 0.806. The van der Waals surface area contributed by atoms with Gasteiger partial charge >= 0.3 is 0 Å². The molecule has 4 nitrogen and oxygen atoms in total. The van der Waals surface area contributed by atoms with Gasteiger partial charge in [-0.1, -0.05) is 24.3 Å². The van der Waals surface area contributed by atoms with Crippen molar-refractivity contribution in [3.63, 3.8) is 0 Å². The summed E-state index contributed by atoms with van der Waals surface area (Å²) in [5.74, 6) is 0.287. The smallest absolute Gasteiger partial charge is 0.232 e. The van der Waals surface area contributed by atoms with E-state index in [1.165, 1.54) is 0 Å². The van der Waals surface area contributed by atoms with E-state index in [2.05, 4.69) is 5.32 Å². The molecule has 5 heteroatoms. The highest BCUT2D eigenvalue weighted by molar-refractivity contribution is 7.84. The van der Waals surface area contributed by atoms with Gasteiger partial charge in [0.15, 0.2) is 0 Å². The van der Waals surface area contributed by atoms with E-state index in [-0.39, 0.29) is 17.7 Å². The maximum absolute atomic E-state index is 11.8. The summed E-state index contributed by atoms with van der Waals surface area (Å²) in [7, 11) is -1.17. The average Bonchev–Trinajstić information content (AvgIpc) is 2.28. The first-order chi connectivity index (χ1) is 8.51. The Morgan fingerprint density at radius 2 is 1.83 bits per heavy atom. The molecule has 0 saturated carbocycles. The third-order valence-electron chi connectivity index (χ3n) is 2.33. The van der Waals surface area contributed by atoms with Gasteiger partial charge in [0, 0.05) is 29.1 Å². The molecule has 0 aliphatic carbocycles. The van der Waals surface area contributed by atoms with Crippen LogP contribution >= 0.6 is 0 Å². The summed E-state index contributed by atoms with van der Waals surface area (Å²) in [5, 5.41) is 2.73. The largest absolute Gasteiger partial charge is 0.353 e. The Hall–Kier alpha value is -1.20. The molecule has 3 N–H and O–H groups in total. The molecule has 0 spiro atoms. The fraction of sp³-hybridized carbons (Fsp3) is 0.462. The first-order valence-corrected chi connectivity index (χ1v) is 7.42. The van der Waals surface area contributed by atoms with Crippen LogP contribution in [-0.2, 0) is 27.9 Å². The molecule has 100 valence electrons. The average molecular weight is 268 g/mol. The first kappa shape index (κ1) is 14.9. The van der Waals surface area contributed by atoms with Gasteiger partial charge in [-0.05, 0) is 25.0 Å². The topological polar surface area (TPSA) is 72.2 Å². The molecule has 0 fully saturated rings. The van der Waals surface area contributed by atoms with Gasteiger partial charge in [-0.2, -0.15) is 0 Å². The molecule has 1 rings (SSSR count). The lowest BCUT2D eigenvalue weighted by atomic mass is 10.1. The number of hydrogen-bond donors (Lipinski definition) is 2. The number of rotatable bonds is 6. The maximum atomic E-state index is 11.8. The standard InChI is InChI=1S/C13H20N2O2S/c1-10(2)15-13(16)9-18(17)8-12-5-3-11(7-14)4-6-12/h3-6,10H,7-9,14H2,1-2H3,(H,15,16). The van der Waals surface area contributed by atoms with Gasteiger partial charge in [-0.25, -0.2) is 0 Å². The van der Waals surface area contributed by atoms with Crippen molar-refractivity contribution in [1.82, 2.24) is 5.32 Å². The fourth-order valence-corrected chi connectivity index (χ4v) is 2.56. The normalized spacial score (nSPS) is 12.4. The molecule has 0 aliphatic rings. The summed E-state index contributed by atoms with van der Waals surface area (Å²) in [6, 6.07) is 7.72. The van der Waals surface area contributed by atoms with Crippen molar-refractivity contribution in [2.75, 3.05) is 5.75 Å². The van der Waals surface area contributed by atoms with E-state index < -0.39 is 10.8 Å². The summed E-state index contributed by atoms with van der Waals surface area (Å²) in [6.45, 7) is 4.26. The van der Waals surface area contributed by atoms with Gasteiger partial charge in [-0.3, -0.25) is 9.00 Å². The van der Waals surface area contributed by atoms with E-state index in [1.807, 2.05) is 38.1 Å². The van der Waals surface area contributed by atoms with E-state index in [4.69, 9.17) is 5.73 Å². The second kappa shape index (κ2) is 7.28. The van der Waals surface area contributed by atoms with Crippen LogP contribution < -0.4 is 11.1 Å². The Balaban J connectivity index is 2.46. The zero-order valence-corrected chi connectivity index (χ0v) is 11.6. The Morgan fingerprint density at radius 3 is 2.33 bits per heavy atom. The molecule has 1 aromatic carbocycles. The highest BCUT2D eigenvalue weighted by atomic mass is 32.2. The monoisotopic (exact) mass is 268 g/mol. The Kier molecular flexibility index (Phi) is 6.01. The predicted molar refractivity (Wildman–Crippen MR) is 74.3 cm³/mol. The van der Waals surface area contributed by atoms with Crippen molar-refractivity contribution in [2.45, 2.75) is 32.2 Å². The number of nitrogens with two attached hydrogens (primary N) is 1. The zero-order valence-electron chi connectivity index (χ0n) is 10.8. The molecule has 0 bridgehead atoms. The van der Waals surface area contributed by atoms with Crippen molar-refractivity contribution in [3.8, 4) is 0 Å². The summed E-state index contributed by atoms with van der Waals surface area (Å²) in [5.41, 5.74) is 7.51. The maximum Gasteiger partial charge on any atom is 0.232 e. The van der Waals surface area contributed by atoms with Gasteiger partial charge in [-0.15, -0.1) is 0 Å². The third kappa shape index (κ3) is 5.42. The van der Waals surface area contributed by atoms with Crippen molar-refractivity contribution in [1.29, 1.82) is 0 Å². The molecule has 0 radical (unpaired) electrons. The summed E-state index contributed by atoms with van der Waals surface area (Å²) < 4.78 is 11.8. The van der Waals surface area contributed by atoms with Crippen molar-refractivity contribution >= 4 is 16.7 Å². The minimum absolute atomic E-state index is 0.0524. The lowest BCUT2D eigenvalue weighted by Crippen LogP contribution is -2.33. The van der Waals surface area contributed by atoms with E-state index in [9.17, 15) is 9.00 Å². The van der Waals surface area contributed by atoms with Gasteiger partial charge in [0.25, 0.3) is 0 Å². The molecule has 18 heavy (non-hydrogen) atoms. The fourth-order valence-electron chi connectivity index (χ4n) is 1.52. The second-order valence-corrected chi connectivity index (χ2v) is 5.93. The van der Waals surface area contributed by atoms with Crippen LogP contribution in [0.25, 0.3) is 0 Å². The van der Waals surface area contributed by atoms with Crippen molar-refractivity contribution in [3.05, 3.63) is 35.4 Å². The molecule has 0 saturated heterocycles. The van der Waals surface area contributed by atoms with Gasteiger partial charge < -0.3 is 11.1 Å². The minimum Gasteiger partial charge on any atom is -0.353 e. The van der Waals surface area contributed by atoms with Gasteiger partial charge in [0.05, 0.1) is 0 Å². The SMILES string of the molecule is CC(C)NC(=O)CS(=O)Cc1ccc(CN)cc1. The van der Waals surface area contributed by atoms with E-state index in [1.54, 1.807) is 0 Å².